The van der Waals surface area contributed by atoms with Gasteiger partial charge in [0.2, 0.25) is 11.8 Å². The minimum absolute atomic E-state index is 0. The molecule has 2 aliphatic heterocycles. The van der Waals surface area contributed by atoms with Crippen LogP contribution in [0.2, 0.25) is 28.7 Å². The molecule has 3 fully saturated rings. The molecule has 3 atom stereocenters. The van der Waals surface area contributed by atoms with Gasteiger partial charge >= 0.3 is 21.2 Å². The highest BCUT2D eigenvalue weighted by molar-refractivity contribution is 9.10. The zero-order chi connectivity index (χ0) is 50.3. The normalized spacial score (nSPS) is 16.5. The van der Waals surface area contributed by atoms with Gasteiger partial charge in [0.15, 0.2) is 0 Å². The molecule has 1 aliphatic carbocycles. The highest BCUT2D eigenvalue weighted by atomic mass is 79.9. The molecule has 0 aromatic heterocycles. The summed E-state index contributed by atoms with van der Waals surface area (Å²) < 4.78 is 1.05. The molecule has 0 bridgehead atoms. The molecule has 3 aliphatic rings. The van der Waals surface area contributed by atoms with Crippen molar-refractivity contribution in [2.45, 2.75) is 89.9 Å². The molecule has 2 heterocycles. The molecule has 6 aromatic rings. The van der Waals surface area contributed by atoms with E-state index in [0.717, 1.165) is 82.6 Å². The van der Waals surface area contributed by atoms with Crippen molar-refractivity contribution in [3.05, 3.63) is 182 Å². The molecule has 4 N–H and O–H groups in total. The van der Waals surface area contributed by atoms with Crippen LogP contribution >= 0.6 is 91.2 Å². The van der Waals surface area contributed by atoms with E-state index in [1.807, 2.05) is 66.7 Å². The molecule has 9 rings (SSSR count). The number of carbonyl (C=O) groups excluding carboxylic acids is 3. The van der Waals surface area contributed by atoms with Gasteiger partial charge in [-0.3, -0.25) is 14.4 Å². The largest absolute Gasteiger partial charge is 0.488 e. The van der Waals surface area contributed by atoms with Crippen LogP contribution < -0.4 is 5.46 Å². The number of rotatable bonds is 11. The molecule has 19 heteroatoms. The van der Waals surface area contributed by atoms with Crippen LogP contribution in [0.1, 0.15) is 61.6 Å². The van der Waals surface area contributed by atoms with Crippen LogP contribution in [0, 0.1) is 5.92 Å². The first-order valence-corrected chi connectivity index (χ1v) is 25.5. The first-order chi connectivity index (χ1) is 33.5. The standard InChI is InChI=1S/C18H19BClNO2.C18H17ClO.C12H15BBrNO2.C6H6BClO2.3H2S/c1-19(23)21-17(9-10-18(21)22)11-13-5-7-14(8-6-13)15-3-2-4-16(20)12-15;19-17-3-1-2-16(12-17)15-7-4-13(5-8-15)10-14-6-9-18(20)11-14;1-13(17)15-11(6-7-12(15)16)8-9-2-4-10(14)5-3-9;8-6-3-1-2-5(4-6)7(9)10;;;/h2-8,12,17,23H,9-11H2,1H3;1-5,7-8,12,14H,6,9-11H2;2-5,11,17H,6-8H2,1H3;1-4,9-10H;3*1H2/t17-;14-;11-;;;;/m000..../s1. The van der Waals surface area contributed by atoms with Gasteiger partial charge in [0, 0.05) is 57.3 Å². The molecule has 0 radical (unpaired) electrons. The second-order valence-electron chi connectivity index (χ2n) is 18.0. The Bertz CT molecular complexity index is 2680. The predicted molar refractivity (Wildman–Crippen MR) is 321 cm³/mol. The van der Waals surface area contributed by atoms with E-state index >= 15 is 0 Å². The van der Waals surface area contributed by atoms with Gasteiger partial charge in [-0.1, -0.05) is 148 Å². The third-order valence-corrected chi connectivity index (χ3v) is 13.9. The number of nitrogens with zero attached hydrogens (tertiary/aromatic N) is 2. The molecule has 9 nitrogen and oxygen atoms in total. The molecule has 0 unspecified atom stereocenters. The van der Waals surface area contributed by atoms with E-state index in [0.29, 0.717) is 35.0 Å². The lowest BCUT2D eigenvalue weighted by molar-refractivity contribution is -0.126. The van der Waals surface area contributed by atoms with E-state index in [9.17, 15) is 24.4 Å². The van der Waals surface area contributed by atoms with E-state index in [1.54, 1.807) is 41.5 Å². The smallest absolute Gasteiger partial charge is 0.432 e. The topological polar surface area (TPSA) is 139 Å². The number of amides is 2. The molecule has 2 saturated heterocycles. The van der Waals surface area contributed by atoms with Crippen LogP contribution in [-0.4, -0.2) is 80.6 Å². The maximum absolute atomic E-state index is 11.8. The fraction of sp³-hybridized carbons (Fsp3) is 0.278. The fourth-order valence-corrected chi connectivity index (χ4v) is 10.0. The third-order valence-electron chi connectivity index (χ3n) is 12.6. The number of hydrogen-bond donors (Lipinski definition) is 4. The van der Waals surface area contributed by atoms with E-state index in [4.69, 9.17) is 44.9 Å². The minimum atomic E-state index is -1.43. The maximum atomic E-state index is 11.8. The molecule has 0 spiro atoms. The highest BCUT2D eigenvalue weighted by Crippen LogP contribution is 2.30. The van der Waals surface area contributed by atoms with Crippen molar-refractivity contribution in [2.24, 2.45) is 5.92 Å². The van der Waals surface area contributed by atoms with Crippen molar-refractivity contribution in [2.75, 3.05) is 0 Å². The molecule has 73 heavy (non-hydrogen) atoms. The van der Waals surface area contributed by atoms with Crippen molar-refractivity contribution in [3.63, 3.8) is 0 Å². The van der Waals surface area contributed by atoms with Gasteiger partial charge in [0.1, 0.15) is 5.78 Å². The number of Topliss-reactive ketones (excluding diaryl/α,β-unsaturated/α-hetero) is 1. The number of hydrogen-bond acceptors (Lipinski definition) is 7. The van der Waals surface area contributed by atoms with Gasteiger partial charge in [-0.05, 0) is 151 Å². The molecule has 6 aromatic carbocycles. The van der Waals surface area contributed by atoms with E-state index < -0.39 is 21.2 Å². The van der Waals surface area contributed by atoms with E-state index in [1.165, 1.54) is 28.3 Å². The summed E-state index contributed by atoms with van der Waals surface area (Å²) in [7, 11) is -2.84. The van der Waals surface area contributed by atoms with Crippen LogP contribution in [0.3, 0.4) is 0 Å². The molecule has 1 saturated carbocycles. The van der Waals surface area contributed by atoms with Gasteiger partial charge < -0.3 is 29.7 Å². The monoisotopic (exact) mass is 1160 g/mol. The van der Waals surface area contributed by atoms with Gasteiger partial charge in [-0.25, -0.2) is 0 Å². The molecule has 2 amide bonds. The summed E-state index contributed by atoms with van der Waals surface area (Å²) in [6.45, 7) is 3.30. The van der Waals surface area contributed by atoms with Crippen LogP contribution in [-0.2, 0) is 33.6 Å². The van der Waals surface area contributed by atoms with Crippen LogP contribution in [0.25, 0.3) is 22.3 Å². The zero-order valence-corrected chi connectivity index (χ0v) is 47.7. The number of benzene rings is 6. The first-order valence-electron chi connectivity index (χ1n) is 23.6. The quantitative estimate of drug-likeness (QED) is 0.0948. The Hall–Kier alpha value is -3.64. The first kappa shape index (κ1) is 63.7. The minimum Gasteiger partial charge on any atom is -0.432 e. The van der Waals surface area contributed by atoms with Gasteiger partial charge in [-0.2, -0.15) is 40.5 Å². The fourth-order valence-electron chi connectivity index (χ4n) is 9.18. The Morgan fingerprint density at radius 1 is 0.507 bits per heavy atom. The summed E-state index contributed by atoms with van der Waals surface area (Å²) >= 11 is 21.0. The van der Waals surface area contributed by atoms with Crippen molar-refractivity contribution in [1.29, 1.82) is 0 Å². The summed E-state index contributed by atoms with van der Waals surface area (Å²) in [5.41, 5.74) is 8.61. The number of ketones is 1. The summed E-state index contributed by atoms with van der Waals surface area (Å²) in [4.78, 5) is 38.0. The van der Waals surface area contributed by atoms with E-state index in [-0.39, 0.29) is 64.4 Å². The lowest BCUT2D eigenvalue weighted by Gasteiger charge is -2.25. The van der Waals surface area contributed by atoms with Crippen LogP contribution in [0.5, 0.6) is 0 Å². The molecular weight excluding hydrogens is 1100 g/mol. The molecule has 386 valence electrons. The second-order valence-corrected chi connectivity index (χ2v) is 20.2. The Morgan fingerprint density at radius 2 is 0.904 bits per heavy atom. The second kappa shape index (κ2) is 31.4. The van der Waals surface area contributed by atoms with Crippen LogP contribution in [0.15, 0.2) is 150 Å². The molecular formula is C54H63B3BrCl3N2O7S3. The highest BCUT2D eigenvalue weighted by Gasteiger charge is 2.36. The zero-order valence-electron chi connectivity index (χ0n) is 40.8. The SMILES string of the molecule is CB(O)N1C(=O)CC[C@H]1Cc1ccc(-c2cccc(Cl)c2)cc1.CB(O)N1C(=O)CC[C@H]1Cc1ccc(Br)cc1.O=C1CC[C@@H](Cc2ccc(-c3cccc(Cl)c3)cc2)C1.OB(O)c1cccc(Cl)c1.S.S.S. The Morgan fingerprint density at radius 3 is 1.26 bits per heavy atom. The lowest BCUT2D eigenvalue weighted by atomic mass is 9.81. The average Bonchev–Trinajstić information content (AvgIpc) is 4.04. The maximum Gasteiger partial charge on any atom is 0.488 e. The van der Waals surface area contributed by atoms with Crippen molar-refractivity contribution >= 4 is 135 Å². The van der Waals surface area contributed by atoms with Crippen molar-refractivity contribution in [3.8, 4) is 22.3 Å². The Balaban J connectivity index is 0.000000262. The summed E-state index contributed by atoms with van der Waals surface area (Å²) in [5, 5.41) is 38.7. The summed E-state index contributed by atoms with van der Waals surface area (Å²) in [5.74, 6) is 1.06. The van der Waals surface area contributed by atoms with E-state index in [2.05, 4.69) is 70.5 Å². The predicted octanol–water partition coefficient (Wildman–Crippen LogP) is 11.0. The third kappa shape index (κ3) is 19.8. The lowest BCUT2D eigenvalue weighted by Crippen LogP contribution is -2.44. The van der Waals surface area contributed by atoms with Crippen molar-refractivity contribution in [1.82, 2.24) is 9.62 Å². The summed E-state index contributed by atoms with van der Waals surface area (Å²) in [6.07, 6.45) is 7.88. The summed E-state index contributed by atoms with van der Waals surface area (Å²) in [6, 6.07) is 47.3. The van der Waals surface area contributed by atoms with Crippen LogP contribution in [0.4, 0.5) is 0 Å². The van der Waals surface area contributed by atoms with Gasteiger partial charge in [0.05, 0.1) is 0 Å². The van der Waals surface area contributed by atoms with Crippen molar-refractivity contribution < 1.29 is 34.5 Å². The Kier molecular flexibility index (Phi) is 27.4. The van der Waals surface area contributed by atoms with Gasteiger partial charge in [0.25, 0.3) is 0 Å². The van der Waals surface area contributed by atoms with Gasteiger partial charge in [-0.15, -0.1) is 0 Å². The average molecular weight is 1170 g/mol. The Labute approximate surface area is 475 Å². The number of halogens is 4. The number of carbonyl (C=O) groups is 3.